The third kappa shape index (κ3) is 3.79. The number of ether oxygens (including phenoxy) is 3. The highest BCUT2D eigenvalue weighted by Gasteiger charge is 2.31. The van der Waals surface area contributed by atoms with Crippen LogP contribution in [0.1, 0.15) is 37.0 Å². The molecule has 3 rings (SSSR count). The van der Waals surface area contributed by atoms with Crippen LogP contribution < -0.4 is 14.2 Å². The van der Waals surface area contributed by atoms with Crippen molar-refractivity contribution in [3.63, 3.8) is 0 Å². The molecule has 0 aliphatic carbocycles. The highest BCUT2D eigenvalue weighted by atomic mass is 16.5. The summed E-state index contributed by atoms with van der Waals surface area (Å²) in [6.45, 7) is 3.67. The van der Waals surface area contributed by atoms with Gasteiger partial charge >= 0.3 is 0 Å². The number of methoxy groups -OCH3 is 3. The third-order valence-electron chi connectivity index (χ3n) is 5.06. The highest BCUT2D eigenvalue weighted by Crippen LogP contribution is 2.41. The summed E-state index contributed by atoms with van der Waals surface area (Å²) in [5.74, 6) is 1.39. The summed E-state index contributed by atoms with van der Waals surface area (Å²) in [4.78, 5) is 25.3. The molecule has 0 unspecified atom stereocenters. The maximum atomic E-state index is 13.1. The Bertz CT molecular complexity index is 1100. The second-order valence-electron chi connectivity index (χ2n) is 7.44. The van der Waals surface area contributed by atoms with Crippen molar-refractivity contribution in [2.75, 3.05) is 21.3 Å². The lowest BCUT2D eigenvalue weighted by molar-refractivity contribution is 0.0830. The Morgan fingerprint density at radius 2 is 1.83 bits per heavy atom. The van der Waals surface area contributed by atoms with Crippen molar-refractivity contribution in [1.82, 2.24) is 15.0 Å². The molecule has 0 amide bonds. The number of Topliss-reactive ketones (excluding diaryl/α,β-unsaturated/α-hetero) is 1. The number of fused-ring (bicyclic) bond motifs is 1. The fraction of sp³-hybridized carbons (Fsp3) is 0.364. The van der Waals surface area contributed by atoms with E-state index in [0.29, 0.717) is 58.1 Å². The molecule has 0 bridgehead atoms. The van der Waals surface area contributed by atoms with Gasteiger partial charge in [0.05, 0.1) is 44.9 Å². The molecule has 0 aliphatic rings. The van der Waals surface area contributed by atoms with Gasteiger partial charge in [-0.1, -0.05) is 13.8 Å². The smallest absolute Gasteiger partial charge is 0.203 e. The topological polar surface area (TPSA) is 110 Å². The summed E-state index contributed by atoms with van der Waals surface area (Å²) in [5.41, 5.74) is 2.04. The maximum absolute atomic E-state index is 13.1. The number of ketones is 1. The van der Waals surface area contributed by atoms with E-state index < -0.39 is 5.41 Å². The fourth-order valence-corrected chi connectivity index (χ4v) is 3.28. The third-order valence-corrected chi connectivity index (χ3v) is 5.06. The van der Waals surface area contributed by atoms with Crippen molar-refractivity contribution in [2.24, 2.45) is 5.41 Å². The molecular weight excluding hydrogens is 384 g/mol. The Labute approximate surface area is 174 Å². The van der Waals surface area contributed by atoms with E-state index >= 15 is 0 Å². The van der Waals surface area contributed by atoms with Crippen LogP contribution in [-0.2, 0) is 0 Å². The van der Waals surface area contributed by atoms with E-state index in [9.17, 15) is 4.79 Å². The van der Waals surface area contributed by atoms with Crippen molar-refractivity contribution < 1.29 is 19.0 Å². The number of nitrogens with zero attached hydrogens (tertiary/aromatic N) is 3. The van der Waals surface area contributed by atoms with Crippen molar-refractivity contribution in [3.8, 4) is 34.6 Å². The molecule has 2 aromatic heterocycles. The summed E-state index contributed by atoms with van der Waals surface area (Å²) in [7, 11) is 4.63. The number of H-pyrrole nitrogens is 1. The molecule has 30 heavy (non-hydrogen) atoms. The zero-order valence-electron chi connectivity index (χ0n) is 17.7. The summed E-state index contributed by atoms with van der Waals surface area (Å²) >= 11 is 0. The van der Waals surface area contributed by atoms with Crippen LogP contribution in [0.15, 0.2) is 24.5 Å². The van der Waals surface area contributed by atoms with Crippen LogP contribution in [0.4, 0.5) is 0 Å². The number of hydrogen-bond donors (Lipinski definition) is 1. The normalized spacial score (nSPS) is 11.2. The molecule has 0 atom stereocenters. The Morgan fingerprint density at radius 3 is 2.40 bits per heavy atom. The second kappa shape index (κ2) is 8.41. The Morgan fingerprint density at radius 1 is 1.17 bits per heavy atom. The van der Waals surface area contributed by atoms with Gasteiger partial charge in [-0.05, 0) is 18.6 Å². The minimum Gasteiger partial charge on any atom is -0.493 e. The van der Waals surface area contributed by atoms with Crippen LogP contribution in [0.25, 0.3) is 22.4 Å². The van der Waals surface area contributed by atoms with E-state index in [0.717, 1.165) is 0 Å². The zero-order valence-corrected chi connectivity index (χ0v) is 17.7. The number of carbonyl (C=O) groups excluding carboxylic acids is 1. The van der Waals surface area contributed by atoms with Gasteiger partial charge in [0.1, 0.15) is 5.52 Å². The number of aromatic amines is 1. The predicted molar refractivity (Wildman–Crippen MR) is 112 cm³/mol. The number of rotatable bonds is 8. The molecule has 0 fully saturated rings. The van der Waals surface area contributed by atoms with Crippen molar-refractivity contribution in [3.05, 3.63) is 30.1 Å². The molecule has 2 heterocycles. The SMILES string of the molecule is COc1cc(-c2cnc3[nH]cc(C(=O)C(C)(C)CCC#N)c3n2)cc(OC)c1OC. The van der Waals surface area contributed by atoms with Crippen LogP contribution in [0, 0.1) is 16.7 Å². The lowest BCUT2D eigenvalue weighted by Crippen LogP contribution is -2.24. The Balaban J connectivity index is 2.10. The van der Waals surface area contributed by atoms with Crippen LogP contribution in [0.2, 0.25) is 0 Å². The molecule has 1 N–H and O–H groups in total. The molecule has 1 aromatic carbocycles. The molecule has 0 spiro atoms. The molecule has 0 saturated carbocycles. The molecule has 0 aliphatic heterocycles. The minimum absolute atomic E-state index is 0.0830. The average Bonchev–Trinajstić information content (AvgIpc) is 3.19. The van der Waals surface area contributed by atoms with Crippen LogP contribution in [0.5, 0.6) is 17.2 Å². The standard InChI is InChI=1S/C22H24N4O4/c1-22(2,7-6-8-23)20(27)14-11-24-21-18(14)26-15(12-25-21)13-9-16(28-3)19(30-5)17(10-13)29-4/h9-12H,6-7H2,1-5H3,(H,24,25). The fourth-order valence-electron chi connectivity index (χ4n) is 3.28. The molecule has 156 valence electrons. The van der Waals surface area contributed by atoms with Gasteiger partial charge in [-0.3, -0.25) is 4.79 Å². The van der Waals surface area contributed by atoms with Crippen LogP contribution in [0.3, 0.4) is 0 Å². The molecule has 8 heteroatoms. The van der Waals surface area contributed by atoms with E-state index in [-0.39, 0.29) is 5.78 Å². The summed E-state index contributed by atoms with van der Waals surface area (Å²) in [5, 5.41) is 8.88. The monoisotopic (exact) mass is 408 g/mol. The van der Waals surface area contributed by atoms with E-state index in [1.165, 1.54) is 7.11 Å². The van der Waals surface area contributed by atoms with Crippen molar-refractivity contribution in [2.45, 2.75) is 26.7 Å². The summed E-state index contributed by atoms with van der Waals surface area (Å²) in [6.07, 6.45) is 4.02. The number of hydrogen-bond acceptors (Lipinski definition) is 7. The maximum Gasteiger partial charge on any atom is 0.203 e. The molecule has 0 radical (unpaired) electrons. The first kappa shape index (κ1) is 21.1. The van der Waals surface area contributed by atoms with Gasteiger partial charge in [-0.2, -0.15) is 5.26 Å². The number of nitriles is 1. The van der Waals surface area contributed by atoms with E-state index in [4.69, 9.17) is 24.5 Å². The van der Waals surface area contributed by atoms with E-state index in [1.54, 1.807) is 38.7 Å². The van der Waals surface area contributed by atoms with Crippen LogP contribution in [-0.4, -0.2) is 42.1 Å². The summed E-state index contributed by atoms with van der Waals surface area (Å²) in [6, 6.07) is 5.66. The molecule has 0 saturated heterocycles. The lowest BCUT2D eigenvalue weighted by atomic mass is 9.81. The zero-order chi connectivity index (χ0) is 21.9. The minimum atomic E-state index is -0.685. The highest BCUT2D eigenvalue weighted by molar-refractivity contribution is 6.08. The number of nitrogens with one attached hydrogen (secondary N) is 1. The van der Waals surface area contributed by atoms with Gasteiger partial charge in [-0.25, -0.2) is 9.97 Å². The number of aromatic nitrogens is 3. The van der Waals surface area contributed by atoms with Gasteiger partial charge in [0.15, 0.2) is 22.9 Å². The Kier molecular flexibility index (Phi) is 5.92. The van der Waals surface area contributed by atoms with Gasteiger partial charge in [0, 0.05) is 23.6 Å². The van der Waals surface area contributed by atoms with Gasteiger partial charge in [0.2, 0.25) is 5.75 Å². The predicted octanol–water partition coefficient (Wildman–Crippen LogP) is 4.16. The first-order valence-electron chi connectivity index (χ1n) is 9.42. The largest absolute Gasteiger partial charge is 0.493 e. The molecular formula is C22H24N4O4. The lowest BCUT2D eigenvalue weighted by Gasteiger charge is -2.21. The van der Waals surface area contributed by atoms with Crippen molar-refractivity contribution >= 4 is 16.9 Å². The van der Waals surface area contributed by atoms with Gasteiger partial charge < -0.3 is 19.2 Å². The van der Waals surface area contributed by atoms with Crippen molar-refractivity contribution in [1.29, 1.82) is 5.26 Å². The van der Waals surface area contributed by atoms with Crippen LogP contribution >= 0.6 is 0 Å². The number of benzene rings is 1. The quantitative estimate of drug-likeness (QED) is 0.557. The van der Waals surface area contributed by atoms with E-state index in [1.807, 2.05) is 13.8 Å². The van der Waals surface area contributed by atoms with Gasteiger partial charge in [-0.15, -0.1) is 0 Å². The second-order valence-corrected chi connectivity index (χ2v) is 7.44. The van der Waals surface area contributed by atoms with Gasteiger partial charge in [0.25, 0.3) is 0 Å². The molecule has 3 aromatic rings. The Hall–Kier alpha value is -3.60. The molecule has 8 nitrogen and oxygen atoms in total. The van der Waals surface area contributed by atoms with E-state index in [2.05, 4.69) is 16.0 Å². The number of carbonyl (C=O) groups is 1. The summed E-state index contributed by atoms with van der Waals surface area (Å²) < 4.78 is 16.2. The first-order chi connectivity index (χ1) is 14.4. The average molecular weight is 408 g/mol. The first-order valence-corrected chi connectivity index (χ1v) is 9.42.